The number of rotatable bonds is 2. The van der Waals surface area contributed by atoms with Gasteiger partial charge in [-0.1, -0.05) is 36.7 Å². The zero-order valence-electron chi connectivity index (χ0n) is 11.3. The third-order valence-corrected chi connectivity index (χ3v) is 4.74. The number of nitrogens with two attached hydrogens (primary N) is 1. The molecule has 1 saturated carbocycles. The van der Waals surface area contributed by atoms with E-state index in [1.165, 1.54) is 4.90 Å². The number of fused-ring (bicyclic) bond motifs is 1. The second kappa shape index (κ2) is 4.38. The van der Waals surface area contributed by atoms with Crippen molar-refractivity contribution in [3.63, 3.8) is 0 Å². The Balaban J connectivity index is 2.11. The van der Waals surface area contributed by atoms with Gasteiger partial charge in [0.25, 0.3) is 11.8 Å². The molecule has 0 aromatic heterocycles. The molecule has 1 aromatic rings. The lowest BCUT2D eigenvalue weighted by atomic mass is 9.95. The number of hydrogen-bond acceptors (Lipinski definition) is 3. The molecule has 1 aliphatic heterocycles. The highest BCUT2D eigenvalue weighted by Crippen LogP contribution is 2.40. The second-order valence-corrected chi connectivity index (χ2v) is 6.04. The molecule has 1 fully saturated rings. The minimum absolute atomic E-state index is 0.251. The first-order valence-electron chi connectivity index (χ1n) is 6.77. The third-order valence-electron chi connectivity index (χ3n) is 4.36. The summed E-state index contributed by atoms with van der Waals surface area (Å²) in [5, 5.41) is 0. The van der Waals surface area contributed by atoms with Crippen LogP contribution in [0.2, 0.25) is 0 Å². The molecule has 5 heteroatoms. The first-order chi connectivity index (χ1) is 9.47. The Kier molecular flexibility index (Phi) is 2.90. The van der Waals surface area contributed by atoms with E-state index >= 15 is 0 Å². The highest BCUT2D eigenvalue weighted by atomic mass is 32.1. The zero-order valence-corrected chi connectivity index (χ0v) is 12.1. The summed E-state index contributed by atoms with van der Waals surface area (Å²) in [4.78, 5) is 26.8. The van der Waals surface area contributed by atoms with Crippen molar-refractivity contribution in [2.24, 2.45) is 5.73 Å². The molecule has 1 heterocycles. The average Bonchev–Trinajstić information content (AvgIpc) is 2.96. The van der Waals surface area contributed by atoms with Gasteiger partial charge in [-0.3, -0.25) is 14.5 Å². The lowest BCUT2D eigenvalue weighted by Gasteiger charge is -2.36. The maximum absolute atomic E-state index is 12.6. The minimum Gasteiger partial charge on any atom is -0.391 e. The quantitative estimate of drug-likeness (QED) is 0.669. The van der Waals surface area contributed by atoms with Crippen LogP contribution in [0.5, 0.6) is 0 Å². The predicted octanol–water partition coefficient (Wildman–Crippen LogP) is 2.19. The number of amides is 2. The molecule has 0 spiro atoms. The Labute approximate surface area is 122 Å². The van der Waals surface area contributed by atoms with E-state index in [9.17, 15) is 9.59 Å². The maximum atomic E-state index is 12.6. The Hall–Kier alpha value is -1.75. The summed E-state index contributed by atoms with van der Waals surface area (Å²) in [6, 6.07) is 5.32. The van der Waals surface area contributed by atoms with Crippen molar-refractivity contribution in [2.75, 3.05) is 0 Å². The monoisotopic (exact) mass is 288 g/mol. The van der Waals surface area contributed by atoms with Gasteiger partial charge in [-0.25, -0.2) is 0 Å². The van der Waals surface area contributed by atoms with Crippen LogP contribution in [0, 0.1) is 6.92 Å². The van der Waals surface area contributed by atoms with Crippen LogP contribution in [-0.4, -0.2) is 27.2 Å². The number of hydrogen-bond donors (Lipinski definition) is 1. The summed E-state index contributed by atoms with van der Waals surface area (Å²) >= 11 is 5.18. The summed E-state index contributed by atoms with van der Waals surface area (Å²) in [5.74, 6) is -0.525. The summed E-state index contributed by atoms with van der Waals surface area (Å²) in [7, 11) is 0. The first kappa shape index (κ1) is 13.2. The molecule has 2 amide bonds. The van der Waals surface area contributed by atoms with Crippen molar-refractivity contribution >= 4 is 29.0 Å². The lowest BCUT2D eigenvalue weighted by molar-refractivity contribution is 0.0530. The molecule has 0 bridgehead atoms. The molecule has 2 N–H and O–H groups in total. The smallest absolute Gasteiger partial charge is 0.262 e. The van der Waals surface area contributed by atoms with Crippen molar-refractivity contribution < 1.29 is 9.59 Å². The lowest BCUT2D eigenvalue weighted by Crippen LogP contribution is -2.57. The normalized spacial score (nSPS) is 20.4. The van der Waals surface area contributed by atoms with Crippen LogP contribution in [0.15, 0.2) is 18.2 Å². The Morgan fingerprint density at radius 2 is 1.80 bits per heavy atom. The fourth-order valence-electron chi connectivity index (χ4n) is 3.28. The molecule has 0 radical (unpaired) electrons. The van der Waals surface area contributed by atoms with E-state index in [1.54, 1.807) is 12.1 Å². The average molecular weight is 288 g/mol. The van der Waals surface area contributed by atoms with E-state index in [-0.39, 0.29) is 16.8 Å². The van der Waals surface area contributed by atoms with E-state index in [2.05, 4.69) is 0 Å². The number of benzene rings is 1. The highest BCUT2D eigenvalue weighted by molar-refractivity contribution is 7.80. The molecule has 20 heavy (non-hydrogen) atoms. The molecule has 0 atom stereocenters. The van der Waals surface area contributed by atoms with Crippen LogP contribution in [0.1, 0.15) is 52.0 Å². The number of carbonyl (C=O) groups is 2. The van der Waals surface area contributed by atoms with Gasteiger partial charge >= 0.3 is 0 Å². The number of carbonyl (C=O) groups excluding carboxylic acids is 2. The van der Waals surface area contributed by atoms with E-state index in [4.69, 9.17) is 18.0 Å². The zero-order chi connectivity index (χ0) is 14.5. The molecule has 2 aliphatic rings. The van der Waals surface area contributed by atoms with Crippen LogP contribution < -0.4 is 5.73 Å². The van der Waals surface area contributed by atoms with Gasteiger partial charge in [0.05, 0.1) is 16.1 Å². The molecule has 104 valence electrons. The number of imide groups is 1. The van der Waals surface area contributed by atoms with Crippen molar-refractivity contribution in [1.82, 2.24) is 4.90 Å². The van der Waals surface area contributed by atoms with Crippen molar-refractivity contribution in [3.05, 3.63) is 34.9 Å². The fourth-order valence-corrected chi connectivity index (χ4v) is 3.58. The summed E-state index contributed by atoms with van der Waals surface area (Å²) in [6.07, 6.45) is 3.22. The van der Waals surface area contributed by atoms with Gasteiger partial charge in [0, 0.05) is 0 Å². The van der Waals surface area contributed by atoms with Gasteiger partial charge in [-0.15, -0.1) is 0 Å². The summed E-state index contributed by atoms with van der Waals surface area (Å²) < 4.78 is 0. The van der Waals surface area contributed by atoms with E-state index < -0.39 is 5.54 Å². The van der Waals surface area contributed by atoms with Gasteiger partial charge < -0.3 is 5.73 Å². The Morgan fingerprint density at radius 1 is 1.20 bits per heavy atom. The summed E-state index contributed by atoms with van der Waals surface area (Å²) in [6.45, 7) is 1.90. The van der Waals surface area contributed by atoms with Crippen LogP contribution in [0.3, 0.4) is 0 Å². The molecule has 4 nitrogen and oxygen atoms in total. The second-order valence-electron chi connectivity index (χ2n) is 5.60. The van der Waals surface area contributed by atoms with Gasteiger partial charge in [-0.05, 0) is 31.9 Å². The summed E-state index contributed by atoms with van der Waals surface area (Å²) in [5.41, 5.74) is 7.01. The van der Waals surface area contributed by atoms with Crippen LogP contribution in [0.4, 0.5) is 0 Å². The van der Waals surface area contributed by atoms with E-state index in [0.717, 1.165) is 18.4 Å². The first-order valence-corrected chi connectivity index (χ1v) is 7.18. The SMILES string of the molecule is Cc1ccc2c(c1)C(=O)N(C1(C(N)=S)CCCC1)C2=O. The number of aryl methyl sites for hydroxylation is 1. The molecular formula is C15H16N2O2S. The molecule has 0 unspecified atom stereocenters. The fraction of sp³-hybridized carbons (Fsp3) is 0.400. The maximum Gasteiger partial charge on any atom is 0.262 e. The highest BCUT2D eigenvalue weighted by Gasteiger charge is 2.52. The molecule has 1 aliphatic carbocycles. The minimum atomic E-state index is -0.767. The van der Waals surface area contributed by atoms with E-state index in [0.29, 0.717) is 24.0 Å². The molecule has 3 rings (SSSR count). The Morgan fingerprint density at radius 3 is 2.40 bits per heavy atom. The number of nitrogens with zero attached hydrogens (tertiary/aromatic N) is 1. The van der Waals surface area contributed by atoms with Crippen molar-refractivity contribution in [1.29, 1.82) is 0 Å². The van der Waals surface area contributed by atoms with Gasteiger partial charge in [0.15, 0.2) is 0 Å². The van der Waals surface area contributed by atoms with Crippen LogP contribution in [0.25, 0.3) is 0 Å². The largest absolute Gasteiger partial charge is 0.391 e. The standard InChI is InChI=1S/C15H16N2O2S/c1-9-4-5-10-11(8-9)13(19)17(12(10)18)15(14(16)20)6-2-3-7-15/h4-5,8H,2-3,6-7H2,1H3,(H2,16,20). The van der Waals surface area contributed by atoms with E-state index in [1.807, 2.05) is 13.0 Å². The number of thiocarbonyl (C=S) groups is 1. The predicted molar refractivity (Wildman–Crippen MR) is 79.7 cm³/mol. The van der Waals surface area contributed by atoms with Crippen LogP contribution >= 0.6 is 12.2 Å². The molecule has 1 aromatic carbocycles. The van der Waals surface area contributed by atoms with Gasteiger partial charge in [0.1, 0.15) is 5.54 Å². The van der Waals surface area contributed by atoms with Crippen molar-refractivity contribution in [2.45, 2.75) is 38.1 Å². The Bertz CT molecular complexity index is 633. The van der Waals surface area contributed by atoms with Gasteiger partial charge in [0.2, 0.25) is 0 Å². The third kappa shape index (κ3) is 1.62. The van der Waals surface area contributed by atoms with Gasteiger partial charge in [-0.2, -0.15) is 0 Å². The van der Waals surface area contributed by atoms with Crippen LogP contribution in [-0.2, 0) is 0 Å². The topological polar surface area (TPSA) is 63.4 Å². The molecular weight excluding hydrogens is 272 g/mol. The van der Waals surface area contributed by atoms with Crippen molar-refractivity contribution in [3.8, 4) is 0 Å². The molecule has 0 saturated heterocycles.